The van der Waals surface area contributed by atoms with E-state index in [1.807, 2.05) is 42.5 Å². The van der Waals surface area contributed by atoms with Crippen LogP contribution in [0.4, 0.5) is 0 Å². The van der Waals surface area contributed by atoms with Gasteiger partial charge in [0.25, 0.3) is 5.91 Å². The number of amides is 1. The molecule has 0 spiro atoms. The summed E-state index contributed by atoms with van der Waals surface area (Å²) in [6.45, 7) is 2.60. The second-order valence-corrected chi connectivity index (χ2v) is 5.20. The van der Waals surface area contributed by atoms with Crippen molar-refractivity contribution < 1.29 is 4.79 Å². The summed E-state index contributed by atoms with van der Waals surface area (Å²) in [7, 11) is 0. The van der Waals surface area contributed by atoms with Crippen LogP contribution in [-0.2, 0) is 0 Å². The van der Waals surface area contributed by atoms with Crippen LogP contribution in [0.3, 0.4) is 0 Å². The summed E-state index contributed by atoms with van der Waals surface area (Å²) in [5, 5.41) is 2.99. The van der Waals surface area contributed by atoms with Crippen molar-refractivity contribution in [3.8, 4) is 11.3 Å². The summed E-state index contributed by atoms with van der Waals surface area (Å²) >= 11 is 0. The predicted octanol–water partition coefficient (Wildman–Crippen LogP) is 3.35. The Hall–Kier alpha value is -1.78. The van der Waals surface area contributed by atoms with E-state index in [2.05, 4.69) is 17.2 Å². The monoisotopic (exact) mass is 321 g/mol. The van der Waals surface area contributed by atoms with Gasteiger partial charge >= 0.3 is 0 Å². The fourth-order valence-corrected chi connectivity index (χ4v) is 2.28. The van der Waals surface area contributed by atoms with E-state index in [0.29, 0.717) is 12.2 Å². The number of nitrogens with two attached hydrogens (primary N) is 1. The van der Waals surface area contributed by atoms with Gasteiger partial charge in [0, 0.05) is 18.3 Å². The van der Waals surface area contributed by atoms with Gasteiger partial charge in [0.15, 0.2) is 0 Å². The van der Waals surface area contributed by atoms with Gasteiger partial charge in [-0.05, 0) is 24.1 Å². The molecule has 120 valence electrons. The first-order valence-electron chi connectivity index (χ1n) is 7.50. The van der Waals surface area contributed by atoms with Crippen molar-refractivity contribution in [3.63, 3.8) is 0 Å². The highest BCUT2D eigenvalue weighted by molar-refractivity contribution is 5.93. The lowest BCUT2D eigenvalue weighted by Crippen LogP contribution is -2.40. The third-order valence-electron chi connectivity index (χ3n) is 3.54. The van der Waals surface area contributed by atoms with Crippen LogP contribution >= 0.6 is 12.4 Å². The number of rotatable bonds is 7. The van der Waals surface area contributed by atoms with Gasteiger partial charge in [-0.1, -0.05) is 50.1 Å². The van der Waals surface area contributed by atoms with Gasteiger partial charge in [-0.15, -0.1) is 12.4 Å². The number of carbonyl (C=O) groups is 1. The molecule has 1 aromatic carbocycles. The van der Waals surface area contributed by atoms with Crippen LogP contribution in [0.15, 0.2) is 42.5 Å². The van der Waals surface area contributed by atoms with E-state index in [9.17, 15) is 4.79 Å². The Kier molecular flexibility index (Phi) is 7.71. The van der Waals surface area contributed by atoms with Crippen LogP contribution in [0.25, 0.3) is 11.3 Å². The van der Waals surface area contributed by atoms with Crippen molar-refractivity contribution in [1.82, 2.24) is 10.3 Å². The van der Waals surface area contributed by atoms with Crippen LogP contribution in [0.1, 0.15) is 36.7 Å². The van der Waals surface area contributed by atoms with Crippen LogP contribution < -0.4 is 11.1 Å². The van der Waals surface area contributed by atoms with E-state index in [-0.39, 0.29) is 24.4 Å². The summed E-state index contributed by atoms with van der Waals surface area (Å²) in [6.07, 6.45) is 3.10. The average Bonchev–Trinajstić information content (AvgIpc) is 3.02. The first-order valence-corrected chi connectivity index (χ1v) is 7.50. The van der Waals surface area contributed by atoms with E-state index >= 15 is 0 Å². The molecule has 1 heterocycles. The van der Waals surface area contributed by atoms with E-state index in [1.165, 1.54) is 0 Å². The molecule has 0 aliphatic carbocycles. The number of nitrogens with one attached hydrogen (secondary N) is 2. The van der Waals surface area contributed by atoms with E-state index < -0.39 is 0 Å². The maximum absolute atomic E-state index is 12.2. The highest BCUT2D eigenvalue weighted by Crippen LogP contribution is 2.17. The highest BCUT2D eigenvalue weighted by Gasteiger charge is 2.13. The molecule has 1 aromatic heterocycles. The van der Waals surface area contributed by atoms with Crippen molar-refractivity contribution in [1.29, 1.82) is 0 Å². The number of H-pyrrole nitrogens is 1. The van der Waals surface area contributed by atoms with E-state index in [4.69, 9.17) is 5.73 Å². The molecule has 0 saturated heterocycles. The maximum Gasteiger partial charge on any atom is 0.267 e. The molecule has 22 heavy (non-hydrogen) atoms. The lowest BCUT2D eigenvalue weighted by atomic mass is 10.1. The normalized spacial score (nSPS) is 11.5. The standard InChI is InChI=1S/C17H23N3O.ClH/c1-2-3-9-14(12-18)19-17(21)16-11-10-15(20-16)13-7-5-4-6-8-13;/h4-8,10-11,14,20H,2-3,9,12,18H2,1H3,(H,19,21);1H. The summed E-state index contributed by atoms with van der Waals surface area (Å²) in [4.78, 5) is 15.4. The highest BCUT2D eigenvalue weighted by atomic mass is 35.5. The predicted molar refractivity (Wildman–Crippen MR) is 93.3 cm³/mol. The molecule has 2 rings (SSSR count). The first-order chi connectivity index (χ1) is 10.2. The molecule has 4 N–H and O–H groups in total. The number of hydrogen-bond donors (Lipinski definition) is 3. The second kappa shape index (κ2) is 9.28. The Bertz CT molecular complexity index is 568. The van der Waals surface area contributed by atoms with Crippen molar-refractivity contribution in [2.45, 2.75) is 32.2 Å². The molecule has 0 aliphatic heterocycles. The third kappa shape index (κ3) is 4.90. The minimum atomic E-state index is -0.0938. The molecule has 1 atom stereocenters. The molecular formula is C17H24ClN3O. The zero-order valence-corrected chi connectivity index (χ0v) is 13.7. The summed E-state index contributed by atoms with van der Waals surface area (Å²) in [6, 6.07) is 13.7. The summed E-state index contributed by atoms with van der Waals surface area (Å²) in [5.74, 6) is -0.0938. The minimum absolute atomic E-state index is 0. The smallest absolute Gasteiger partial charge is 0.267 e. The van der Waals surface area contributed by atoms with Crippen molar-refractivity contribution in [3.05, 3.63) is 48.2 Å². The Morgan fingerprint density at radius 2 is 1.95 bits per heavy atom. The number of hydrogen-bond acceptors (Lipinski definition) is 2. The molecule has 4 nitrogen and oxygen atoms in total. The lowest BCUT2D eigenvalue weighted by molar-refractivity contribution is 0.0931. The van der Waals surface area contributed by atoms with Crippen LogP contribution in [0.5, 0.6) is 0 Å². The van der Waals surface area contributed by atoms with Crippen LogP contribution in [-0.4, -0.2) is 23.5 Å². The third-order valence-corrected chi connectivity index (χ3v) is 3.54. The first kappa shape index (κ1) is 18.3. The molecule has 1 amide bonds. The summed E-state index contributed by atoms with van der Waals surface area (Å²) < 4.78 is 0. The molecule has 0 saturated carbocycles. The van der Waals surface area contributed by atoms with Gasteiger partial charge in [0.05, 0.1) is 0 Å². The van der Waals surface area contributed by atoms with E-state index in [1.54, 1.807) is 0 Å². The Morgan fingerprint density at radius 1 is 1.23 bits per heavy atom. The van der Waals surface area contributed by atoms with Gasteiger partial charge < -0.3 is 16.0 Å². The summed E-state index contributed by atoms with van der Waals surface area (Å²) in [5.41, 5.74) is 8.29. The molecule has 0 fully saturated rings. The molecule has 0 bridgehead atoms. The number of aromatic nitrogens is 1. The van der Waals surface area contributed by atoms with Crippen LogP contribution in [0, 0.1) is 0 Å². The Labute approximate surface area is 137 Å². The van der Waals surface area contributed by atoms with Gasteiger partial charge in [-0.2, -0.15) is 0 Å². The van der Waals surface area contributed by atoms with E-state index in [0.717, 1.165) is 30.5 Å². The zero-order valence-electron chi connectivity index (χ0n) is 12.8. The fraction of sp³-hybridized carbons (Fsp3) is 0.353. The fourth-order valence-electron chi connectivity index (χ4n) is 2.28. The molecule has 1 unspecified atom stereocenters. The van der Waals surface area contributed by atoms with Crippen molar-refractivity contribution in [2.24, 2.45) is 5.73 Å². The van der Waals surface area contributed by atoms with Crippen molar-refractivity contribution in [2.75, 3.05) is 6.54 Å². The lowest BCUT2D eigenvalue weighted by Gasteiger charge is -2.15. The van der Waals surface area contributed by atoms with Crippen molar-refractivity contribution >= 4 is 18.3 Å². The minimum Gasteiger partial charge on any atom is -0.351 e. The average molecular weight is 322 g/mol. The Morgan fingerprint density at radius 3 is 2.59 bits per heavy atom. The quantitative estimate of drug-likeness (QED) is 0.732. The molecule has 5 heteroatoms. The van der Waals surface area contributed by atoms with Gasteiger partial charge in [-0.25, -0.2) is 0 Å². The molecule has 0 radical (unpaired) electrons. The largest absolute Gasteiger partial charge is 0.351 e. The van der Waals surface area contributed by atoms with Crippen LogP contribution in [0.2, 0.25) is 0 Å². The zero-order chi connectivity index (χ0) is 15.1. The number of carbonyl (C=O) groups excluding carboxylic acids is 1. The van der Waals surface area contributed by atoms with Gasteiger partial charge in [0.1, 0.15) is 5.69 Å². The maximum atomic E-state index is 12.2. The molecule has 0 aliphatic rings. The second-order valence-electron chi connectivity index (χ2n) is 5.20. The Balaban J connectivity index is 0.00000242. The van der Waals surface area contributed by atoms with Gasteiger partial charge in [0.2, 0.25) is 0 Å². The molecule has 2 aromatic rings. The number of halogens is 1. The molecular weight excluding hydrogens is 298 g/mol. The SMILES string of the molecule is CCCCC(CN)NC(=O)c1ccc(-c2ccccc2)[nH]1.Cl. The number of benzene rings is 1. The number of unbranched alkanes of at least 4 members (excludes halogenated alkanes) is 1. The van der Waals surface area contributed by atoms with Gasteiger partial charge in [-0.3, -0.25) is 4.79 Å². The topological polar surface area (TPSA) is 70.9 Å². The number of aromatic amines is 1.